The minimum absolute atomic E-state index is 0.439. The monoisotopic (exact) mass is 323 g/mol. The number of nitrogens with one attached hydrogen (secondary N) is 1. The van der Waals surface area contributed by atoms with Crippen molar-refractivity contribution >= 4 is 35.1 Å². The largest absolute Gasteiger partial charge is 0.329 e. The van der Waals surface area contributed by atoms with Crippen LogP contribution in [-0.2, 0) is 0 Å². The highest BCUT2D eigenvalue weighted by Gasteiger charge is 2.15. The number of H-pyrrole nitrogens is 1. The molecule has 2 heterocycles. The molecule has 0 radical (unpaired) electrons. The zero-order valence-electron chi connectivity index (χ0n) is 11.0. The molecule has 1 N–H and O–H groups in total. The second kappa shape index (κ2) is 5.57. The number of aromatic amines is 1. The lowest BCUT2D eigenvalue weighted by Gasteiger charge is -2.10. The summed E-state index contributed by atoms with van der Waals surface area (Å²) in [4.78, 5) is 7.89. The summed E-state index contributed by atoms with van der Waals surface area (Å²) in [5.74, 6) is -2.49. The number of pyridine rings is 1. The molecule has 0 fully saturated rings. The Labute approximate surface area is 129 Å². The molecule has 0 aliphatic heterocycles. The lowest BCUT2D eigenvalue weighted by Crippen LogP contribution is -1.98. The highest BCUT2D eigenvalue weighted by atomic mass is 32.2. The number of rotatable bonds is 3. The fourth-order valence-corrected chi connectivity index (χ4v) is 3.10. The third-order valence-electron chi connectivity index (χ3n) is 3.11. The van der Waals surface area contributed by atoms with Crippen LogP contribution in [0.15, 0.2) is 41.4 Å². The number of nitrogens with zero attached hydrogens (tertiary/aromatic N) is 2. The number of alkyl halides is 2. The van der Waals surface area contributed by atoms with E-state index in [1.54, 1.807) is 35.0 Å². The molecule has 21 heavy (non-hydrogen) atoms. The molecule has 3 rings (SSSR count). The highest BCUT2D eigenvalue weighted by Crippen LogP contribution is 2.32. The van der Waals surface area contributed by atoms with Crippen LogP contribution >= 0.6 is 24.0 Å². The number of hydrogen-bond donors (Lipinski definition) is 1. The Kier molecular flexibility index (Phi) is 3.77. The van der Waals surface area contributed by atoms with Gasteiger partial charge in [0.1, 0.15) is 0 Å². The number of aryl methyl sites for hydroxylation is 1. The van der Waals surface area contributed by atoms with Gasteiger partial charge in [0.25, 0.3) is 5.76 Å². The number of aromatic nitrogens is 3. The number of halogens is 2. The first-order valence-electron chi connectivity index (χ1n) is 6.18. The van der Waals surface area contributed by atoms with Crippen LogP contribution in [0.2, 0.25) is 0 Å². The Balaban J connectivity index is 2.29. The van der Waals surface area contributed by atoms with Crippen LogP contribution < -0.4 is 0 Å². The molecule has 0 aliphatic rings. The third-order valence-corrected chi connectivity index (χ3v) is 4.17. The molecule has 0 aliphatic carbocycles. The van der Waals surface area contributed by atoms with Crippen LogP contribution in [0.3, 0.4) is 0 Å². The molecule has 3 nitrogen and oxygen atoms in total. The van der Waals surface area contributed by atoms with Crippen LogP contribution in [0.25, 0.3) is 16.9 Å². The first kappa shape index (κ1) is 14.2. The Morgan fingerprint density at radius 2 is 2.05 bits per heavy atom. The number of hydrogen-bond acceptors (Lipinski definition) is 3. The summed E-state index contributed by atoms with van der Waals surface area (Å²) < 4.78 is 27.6. The number of fused-ring (bicyclic) bond motifs is 1. The first-order chi connectivity index (χ1) is 10.1. The van der Waals surface area contributed by atoms with Crippen LogP contribution in [0.1, 0.15) is 5.56 Å². The number of imidazole rings is 1. The maximum Gasteiger partial charge on any atom is 0.288 e. The van der Waals surface area contributed by atoms with Gasteiger partial charge in [-0.25, -0.2) is 4.98 Å². The summed E-state index contributed by atoms with van der Waals surface area (Å²) in [5.41, 5.74) is 3.07. The van der Waals surface area contributed by atoms with E-state index in [2.05, 4.69) is 9.97 Å². The van der Waals surface area contributed by atoms with Crippen molar-refractivity contribution in [2.45, 2.75) is 17.6 Å². The fourth-order valence-electron chi connectivity index (χ4n) is 2.19. The van der Waals surface area contributed by atoms with Crippen LogP contribution in [0.5, 0.6) is 0 Å². The number of para-hydroxylation sites is 1. The molecule has 0 saturated carbocycles. The quantitative estimate of drug-likeness (QED) is 0.560. The standard InChI is InChI=1S/C14H11F2N3S2/c1-8-6-7-17-12-11(8)18-14(20)19(12)9-4-2-3-5-10(9)21-13(15)16/h2-7,13H,1H3,(H,18,20). The van der Waals surface area contributed by atoms with Gasteiger partial charge in [-0.3, -0.25) is 4.57 Å². The second-order valence-electron chi connectivity index (χ2n) is 4.44. The number of benzene rings is 1. The van der Waals surface area contributed by atoms with E-state index in [9.17, 15) is 8.78 Å². The van der Waals surface area contributed by atoms with E-state index < -0.39 is 5.76 Å². The second-order valence-corrected chi connectivity index (χ2v) is 5.86. The van der Waals surface area contributed by atoms with Gasteiger partial charge in [0.15, 0.2) is 10.4 Å². The van der Waals surface area contributed by atoms with Crippen molar-refractivity contribution < 1.29 is 8.78 Å². The lowest BCUT2D eigenvalue weighted by molar-refractivity contribution is 0.252. The molecular weight excluding hydrogens is 312 g/mol. The van der Waals surface area contributed by atoms with E-state index in [-0.39, 0.29) is 0 Å². The van der Waals surface area contributed by atoms with Gasteiger partial charge in [-0.15, -0.1) is 0 Å². The van der Waals surface area contributed by atoms with Crippen molar-refractivity contribution in [1.29, 1.82) is 0 Å². The maximum absolute atomic E-state index is 12.7. The van der Waals surface area contributed by atoms with E-state index in [0.29, 0.717) is 32.8 Å². The van der Waals surface area contributed by atoms with Gasteiger partial charge in [0.05, 0.1) is 11.2 Å². The molecule has 0 saturated heterocycles. The van der Waals surface area contributed by atoms with E-state index in [1.165, 1.54) is 0 Å². The Hall–Kier alpha value is -1.73. The van der Waals surface area contributed by atoms with Crippen LogP contribution in [-0.4, -0.2) is 20.3 Å². The summed E-state index contributed by atoms with van der Waals surface area (Å²) in [5, 5.41) is 0. The Morgan fingerprint density at radius 1 is 1.29 bits per heavy atom. The highest BCUT2D eigenvalue weighted by molar-refractivity contribution is 7.99. The maximum atomic E-state index is 12.7. The predicted octanol–water partition coefficient (Wildman–Crippen LogP) is 4.71. The van der Waals surface area contributed by atoms with E-state index in [1.807, 2.05) is 13.0 Å². The van der Waals surface area contributed by atoms with Gasteiger partial charge in [-0.1, -0.05) is 23.9 Å². The first-order valence-corrected chi connectivity index (χ1v) is 7.47. The molecule has 3 aromatic rings. The van der Waals surface area contributed by atoms with Gasteiger partial charge in [0.2, 0.25) is 0 Å². The average Bonchev–Trinajstić information content (AvgIpc) is 2.77. The van der Waals surface area contributed by atoms with E-state index in [4.69, 9.17) is 12.2 Å². The van der Waals surface area contributed by atoms with Crippen molar-refractivity contribution in [3.63, 3.8) is 0 Å². The summed E-state index contributed by atoms with van der Waals surface area (Å²) in [7, 11) is 0. The summed E-state index contributed by atoms with van der Waals surface area (Å²) in [6.45, 7) is 1.94. The third kappa shape index (κ3) is 2.58. The molecule has 108 valence electrons. The number of thioether (sulfide) groups is 1. The van der Waals surface area contributed by atoms with Gasteiger partial charge in [0, 0.05) is 11.1 Å². The van der Waals surface area contributed by atoms with Crippen LogP contribution in [0.4, 0.5) is 8.78 Å². The minimum Gasteiger partial charge on any atom is -0.329 e. The SMILES string of the molecule is Cc1ccnc2c1[nH]c(=S)n2-c1ccccc1SC(F)F. The van der Waals surface area contributed by atoms with Crippen molar-refractivity contribution in [1.82, 2.24) is 14.5 Å². The van der Waals surface area contributed by atoms with E-state index >= 15 is 0 Å². The Morgan fingerprint density at radius 3 is 2.81 bits per heavy atom. The molecule has 0 atom stereocenters. The van der Waals surface area contributed by atoms with Gasteiger partial charge in [-0.2, -0.15) is 8.78 Å². The van der Waals surface area contributed by atoms with Gasteiger partial charge >= 0.3 is 0 Å². The smallest absolute Gasteiger partial charge is 0.288 e. The zero-order chi connectivity index (χ0) is 15.0. The van der Waals surface area contributed by atoms with Gasteiger partial charge in [-0.05, 0) is 42.9 Å². The molecule has 0 amide bonds. The van der Waals surface area contributed by atoms with E-state index in [0.717, 1.165) is 11.1 Å². The molecule has 7 heteroatoms. The molecule has 0 spiro atoms. The predicted molar refractivity (Wildman–Crippen MR) is 82.9 cm³/mol. The summed E-state index contributed by atoms with van der Waals surface area (Å²) in [6, 6.07) is 8.81. The van der Waals surface area contributed by atoms with Crippen LogP contribution in [0, 0.1) is 11.7 Å². The molecule has 1 aromatic carbocycles. The van der Waals surface area contributed by atoms with Crippen molar-refractivity contribution in [3.05, 3.63) is 46.9 Å². The topological polar surface area (TPSA) is 33.6 Å². The van der Waals surface area contributed by atoms with Crippen molar-refractivity contribution in [2.75, 3.05) is 0 Å². The normalized spacial score (nSPS) is 11.4. The van der Waals surface area contributed by atoms with Crippen molar-refractivity contribution in [3.8, 4) is 5.69 Å². The molecule has 0 unspecified atom stereocenters. The minimum atomic E-state index is -2.49. The molecule has 2 aromatic heterocycles. The average molecular weight is 323 g/mol. The summed E-state index contributed by atoms with van der Waals surface area (Å²) in [6.07, 6.45) is 1.68. The van der Waals surface area contributed by atoms with Crippen molar-refractivity contribution in [2.24, 2.45) is 0 Å². The zero-order valence-corrected chi connectivity index (χ0v) is 12.6. The summed E-state index contributed by atoms with van der Waals surface area (Å²) >= 11 is 5.84. The fraction of sp³-hybridized carbons (Fsp3) is 0.143. The lowest BCUT2D eigenvalue weighted by atomic mass is 10.2. The Bertz CT molecular complexity index is 855. The molecule has 0 bridgehead atoms. The molecular formula is C14H11F2N3S2. The van der Waals surface area contributed by atoms with Gasteiger partial charge < -0.3 is 4.98 Å².